The van der Waals surface area contributed by atoms with E-state index in [0.29, 0.717) is 73.7 Å². The van der Waals surface area contributed by atoms with E-state index in [0.717, 1.165) is 12.8 Å². The van der Waals surface area contributed by atoms with Gasteiger partial charge in [0.15, 0.2) is 11.5 Å². The Hall–Kier alpha value is -3.29. The predicted molar refractivity (Wildman–Crippen MR) is 125 cm³/mol. The van der Waals surface area contributed by atoms with Crippen molar-refractivity contribution in [3.63, 3.8) is 0 Å². The van der Waals surface area contributed by atoms with Crippen LogP contribution in [0.15, 0.2) is 36.7 Å². The predicted octanol–water partition coefficient (Wildman–Crippen LogP) is 3.56. The van der Waals surface area contributed by atoms with Crippen molar-refractivity contribution in [1.29, 1.82) is 0 Å². The number of ether oxygens (including phenoxy) is 3. The van der Waals surface area contributed by atoms with E-state index in [4.69, 9.17) is 14.2 Å². The molecule has 0 radical (unpaired) electrons. The molecular formula is C25H33N3O5. The van der Waals surface area contributed by atoms with E-state index in [2.05, 4.69) is 10.3 Å². The highest BCUT2D eigenvalue weighted by Gasteiger charge is 2.26. The lowest BCUT2D eigenvalue weighted by atomic mass is 9.96. The number of hydrogen-bond donors (Lipinski definition) is 1. The number of nitrogens with one attached hydrogen (secondary N) is 1. The first-order chi connectivity index (χ1) is 16.1. The topological polar surface area (TPSA) is 90.0 Å². The third-order valence-corrected chi connectivity index (χ3v) is 5.53. The number of pyridine rings is 1. The fourth-order valence-corrected chi connectivity index (χ4v) is 3.87. The van der Waals surface area contributed by atoms with Crippen molar-refractivity contribution in [2.45, 2.75) is 33.6 Å². The molecule has 0 spiro atoms. The number of hydrogen-bond acceptors (Lipinski definition) is 6. The number of likely N-dealkylation sites (tertiary alicyclic amines) is 1. The first-order valence-corrected chi connectivity index (χ1v) is 11.6. The Morgan fingerprint density at radius 1 is 1.00 bits per heavy atom. The molecule has 1 saturated heterocycles. The van der Waals surface area contributed by atoms with Crippen molar-refractivity contribution in [2.75, 3.05) is 39.5 Å². The van der Waals surface area contributed by atoms with Crippen LogP contribution in [-0.2, 0) is 0 Å². The Labute approximate surface area is 195 Å². The van der Waals surface area contributed by atoms with Crippen LogP contribution < -0.4 is 19.5 Å². The standard InChI is InChI=1S/C25H33N3O5/c1-4-31-21-14-20(15-22(32-5-2)23(21)33-6-3)25(30)28-12-9-18(10-13-28)16-27-24(29)19-8-7-11-26-17-19/h7-8,11,14-15,17-18H,4-6,9-10,12-13,16H2,1-3H3,(H,27,29). The summed E-state index contributed by atoms with van der Waals surface area (Å²) in [6, 6.07) is 6.96. The Kier molecular flexibility index (Phi) is 8.92. The van der Waals surface area contributed by atoms with Gasteiger partial charge < -0.3 is 24.4 Å². The zero-order valence-corrected chi connectivity index (χ0v) is 19.6. The number of nitrogens with zero attached hydrogens (tertiary/aromatic N) is 2. The van der Waals surface area contributed by atoms with E-state index < -0.39 is 0 Å². The maximum Gasteiger partial charge on any atom is 0.254 e. The Bertz CT molecular complexity index is 900. The molecule has 1 aromatic carbocycles. The molecule has 2 heterocycles. The molecule has 1 aliphatic rings. The van der Waals surface area contributed by atoms with E-state index in [-0.39, 0.29) is 11.8 Å². The number of rotatable bonds is 10. The van der Waals surface area contributed by atoms with Gasteiger partial charge in [-0.15, -0.1) is 0 Å². The zero-order chi connectivity index (χ0) is 23.6. The summed E-state index contributed by atoms with van der Waals surface area (Å²) in [5.41, 5.74) is 1.07. The number of piperidine rings is 1. The van der Waals surface area contributed by atoms with Crippen LogP contribution >= 0.6 is 0 Å². The summed E-state index contributed by atoms with van der Waals surface area (Å²) in [6.07, 6.45) is 4.85. The molecule has 178 valence electrons. The monoisotopic (exact) mass is 455 g/mol. The maximum atomic E-state index is 13.2. The molecule has 2 amide bonds. The Morgan fingerprint density at radius 2 is 1.64 bits per heavy atom. The lowest BCUT2D eigenvalue weighted by Gasteiger charge is -2.32. The quantitative estimate of drug-likeness (QED) is 0.589. The van der Waals surface area contributed by atoms with Crippen molar-refractivity contribution in [3.8, 4) is 17.2 Å². The third-order valence-electron chi connectivity index (χ3n) is 5.53. The van der Waals surface area contributed by atoms with Gasteiger partial charge in [-0.25, -0.2) is 0 Å². The van der Waals surface area contributed by atoms with Gasteiger partial charge in [-0.05, 0) is 63.8 Å². The van der Waals surface area contributed by atoms with Gasteiger partial charge in [0.05, 0.1) is 25.4 Å². The molecule has 1 N–H and O–H groups in total. The van der Waals surface area contributed by atoms with Crippen LogP contribution in [0.4, 0.5) is 0 Å². The Morgan fingerprint density at radius 3 is 2.18 bits per heavy atom. The number of aromatic nitrogens is 1. The second-order valence-corrected chi connectivity index (χ2v) is 7.79. The third kappa shape index (κ3) is 6.37. The van der Waals surface area contributed by atoms with E-state index in [1.165, 1.54) is 0 Å². The normalized spacial score (nSPS) is 14.0. The summed E-state index contributed by atoms with van der Waals surface area (Å²) in [5.74, 6) is 1.71. The average molecular weight is 456 g/mol. The summed E-state index contributed by atoms with van der Waals surface area (Å²) in [5, 5.41) is 2.98. The van der Waals surface area contributed by atoms with Crippen LogP contribution in [0.25, 0.3) is 0 Å². The van der Waals surface area contributed by atoms with Crippen molar-refractivity contribution in [3.05, 3.63) is 47.8 Å². The highest BCUT2D eigenvalue weighted by molar-refractivity contribution is 5.96. The van der Waals surface area contributed by atoms with Crippen molar-refractivity contribution >= 4 is 11.8 Å². The van der Waals surface area contributed by atoms with E-state index in [9.17, 15) is 9.59 Å². The summed E-state index contributed by atoms with van der Waals surface area (Å²) in [6.45, 7) is 8.92. The largest absolute Gasteiger partial charge is 0.490 e. The second kappa shape index (κ2) is 12.1. The minimum atomic E-state index is -0.122. The summed E-state index contributed by atoms with van der Waals surface area (Å²) >= 11 is 0. The van der Waals surface area contributed by atoms with Crippen LogP contribution in [0.3, 0.4) is 0 Å². The van der Waals surface area contributed by atoms with Gasteiger partial charge in [0.1, 0.15) is 0 Å². The first-order valence-electron chi connectivity index (χ1n) is 11.6. The minimum absolute atomic E-state index is 0.0576. The number of carbonyl (C=O) groups is 2. The second-order valence-electron chi connectivity index (χ2n) is 7.79. The molecule has 8 heteroatoms. The van der Waals surface area contributed by atoms with E-state index in [1.54, 1.807) is 36.7 Å². The minimum Gasteiger partial charge on any atom is -0.490 e. The molecule has 2 aromatic rings. The van der Waals surface area contributed by atoms with Crippen LogP contribution in [-0.4, -0.2) is 61.2 Å². The summed E-state index contributed by atoms with van der Waals surface area (Å²) in [4.78, 5) is 31.3. The molecule has 33 heavy (non-hydrogen) atoms. The van der Waals surface area contributed by atoms with E-state index in [1.807, 2.05) is 25.7 Å². The molecule has 0 unspecified atom stereocenters. The molecule has 0 atom stereocenters. The lowest BCUT2D eigenvalue weighted by Crippen LogP contribution is -2.41. The zero-order valence-electron chi connectivity index (χ0n) is 19.6. The Balaban J connectivity index is 1.62. The SMILES string of the molecule is CCOc1cc(C(=O)N2CCC(CNC(=O)c3cccnc3)CC2)cc(OCC)c1OCC. The average Bonchev–Trinajstić information content (AvgIpc) is 2.85. The van der Waals surface area contributed by atoms with Gasteiger partial charge >= 0.3 is 0 Å². The highest BCUT2D eigenvalue weighted by Crippen LogP contribution is 2.39. The first kappa shape index (κ1) is 24.4. The van der Waals surface area contributed by atoms with Crippen LogP contribution in [0.2, 0.25) is 0 Å². The van der Waals surface area contributed by atoms with Gasteiger partial charge in [-0.2, -0.15) is 0 Å². The molecule has 1 aromatic heterocycles. The smallest absolute Gasteiger partial charge is 0.254 e. The molecule has 1 aliphatic heterocycles. The maximum absolute atomic E-state index is 13.2. The van der Waals surface area contributed by atoms with Crippen molar-refractivity contribution in [2.24, 2.45) is 5.92 Å². The molecule has 8 nitrogen and oxygen atoms in total. The van der Waals surface area contributed by atoms with Gasteiger partial charge in [0, 0.05) is 37.6 Å². The van der Waals surface area contributed by atoms with Crippen LogP contribution in [0, 0.1) is 5.92 Å². The lowest BCUT2D eigenvalue weighted by molar-refractivity contribution is 0.0683. The summed E-state index contributed by atoms with van der Waals surface area (Å²) in [7, 11) is 0. The molecule has 1 fully saturated rings. The number of carbonyl (C=O) groups excluding carboxylic acids is 2. The molecule has 3 rings (SSSR count). The number of benzene rings is 1. The molecule has 0 bridgehead atoms. The molecule has 0 saturated carbocycles. The highest BCUT2D eigenvalue weighted by atomic mass is 16.5. The number of amides is 2. The van der Waals surface area contributed by atoms with Gasteiger partial charge in [-0.1, -0.05) is 0 Å². The van der Waals surface area contributed by atoms with Crippen LogP contribution in [0.1, 0.15) is 54.3 Å². The fraction of sp³-hybridized carbons (Fsp3) is 0.480. The van der Waals surface area contributed by atoms with Gasteiger partial charge in [0.2, 0.25) is 5.75 Å². The van der Waals surface area contributed by atoms with Crippen molar-refractivity contribution < 1.29 is 23.8 Å². The van der Waals surface area contributed by atoms with E-state index >= 15 is 0 Å². The van der Waals surface area contributed by atoms with Gasteiger partial charge in [0.25, 0.3) is 11.8 Å². The molecular weight excluding hydrogens is 422 g/mol. The van der Waals surface area contributed by atoms with Crippen molar-refractivity contribution in [1.82, 2.24) is 15.2 Å². The molecule has 0 aliphatic carbocycles. The fourth-order valence-electron chi connectivity index (χ4n) is 3.87. The summed E-state index contributed by atoms with van der Waals surface area (Å²) < 4.78 is 17.2. The van der Waals surface area contributed by atoms with Gasteiger partial charge in [-0.3, -0.25) is 14.6 Å². The van der Waals surface area contributed by atoms with Crippen LogP contribution in [0.5, 0.6) is 17.2 Å².